The van der Waals surface area contributed by atoms with Gasteiger partial charge in [-0.25, -0.2) is 0 Å². The standard InChI is InChI=1S/C12H16Cl2N2O/c1-8(2)6-15-7-12(17)16-11-4-9(13)3-10(14)5-11/h3-5,8,15H,6-7H2,1-2H3,(H,16,17). The van der Waals surface area contributed by atoms with Gasteiger partial charge >= 0.3 is 0 Å². The summed E-state index contributed by atoms with van der Waals surface area (Å²) in [5.41, 5.74) is 0.610. The van der Waals surface area contributed by atoms with E-state index in [1.54, 1.807) is 18.2 Å². The summed E-state index contributed by atoms with van der Waals surface area (Å²) in [5.74, 6) is 0.410. The van der Waals surface area contributed by atoms with Gasteiger partial charge in [-0.3, -0.25) is 4.79 Å². The Morgan fingerprint density at radius 1 is 1.24 bits per heavy atom. The summed E-state index contributed by atoms with van der Waals surface area (Å²) in [4.78, 5) is 11.6. The lowest BCUT2D eigenvalue weighted by Crippen LogP contribution is -2.30. The predicted molar refractivity (Wildman–Crippen MR) is 72.8 cm³/mol. The van der Waals surface area contributed by atoms with Crippen molar-refractivity contribution in [3.8, 4) is 0 Å². The van der Waals surface area contributed by atoms with E-state index in [4.69, 9.17) is 23.2 Å². The molecule has 0 fully saturated rings. The van der Waals surface area contributed by atoms with E-state index >= 15 is 0 Å². The van der Waals surface area contributed by atoms with Gasteiger partial charge in [-0.2, -0.15) is 0 Å². The molecule has 0 unspecified atom stereocenters. The first-order valence-electron chi connectivity index (χ1n) is 5.44. The molecule has 0 heterocycles. The van der Waals surface area contributed by atoms with Crippen molar-refractivity contribution in [2.75, 3.05) is 18.4 Å². The normalized spacial score (nSPS) is 10.6. The van der Waals surface area contributed by atoms with Gasteiger partial charge in [0.05, 0.1) is 6.54 Å². The van der Waals surface area contributed by atoms with E-state index in [2.05, 4.69) is 24.5 Å². The zero-order chi connectivity index (χ0) is 12.8. The number of amides is 1. The van der Waals surface area contributed by atoms with Gasteiger partial charge in [-0.1, -0.05) is 37.0 Å². The van der Waals surface area contributed by atoms with Crippen LogP contribution in [0, 0.1) is 5.92 Å². The zero-order valence-corrected chi connectivity index (χ0v) is 11.4. The van der Waals surface area contributed by atoms with Gasteiger partial charge in [0.15, 0.2) is 0 Å². The summed E-state index contributed by atoms with van der Waals surface area (Å²) in [6.45, 7) is 5.26. The average molecular weight is 275 g/mol. The first kappa shape index (κ1) is 14.3. The van der Waals surface area contributed by atoms with E-state index in [1.807, 2.05) is 0 Å². The summed E-state index contributed by atoms with van der Waals surface area (Å²) in [6, 6.07) is 4.94. The number of halogens is 2. The maximum atomic E-state index is 11.6. The van der Waals surface area contributed by atoms with Gasteiger partial charge in [0.2, 0.25) is 5.91 Å². The molecule has 1 rings (SSSR count). The first-order valence-corrected chi connectivity index (χ1v) is 6.19. The fourth-order valence-corrected chi connectivity index (χ4v) is 1.83. The largest absolute Gasteiger partial charge is 0.325 e. The van der Waals surface area contributed by atoms with E-state index in [-0.39, 0.29) is 12.5 Å². The fourth-order valence-electron chi connectivity index (χ4n) is 1.31. The highest BCUT2D eigenvalue weighted by Gasteiger charge is 2.04. The molecule has 5 heteroatoms. The van der Waals surface area contributed by atoms with Crippen LogP contribution in [0.3, 0.4) is 0 Å². The summed E-state index contributed by atoms with van der Waals surface area (Å²) in [7, 11) is 0. The van der Waals surface area contributed by atoms with Crippen molar-refractivity contribution in [3.05, 3.63) is 28.2 Å². The topological polar surface area (TPSA) is 41.1 Å². The Kier molecular flexibility index (Phi) is 5.75. The highest BCUT2D eigenvalue weighted by Crippen LogP contribution is 2.22. The Hall–Kier alpha value is -0.770. The number of nitrogens with one attached hydrogen (secondary N) is 2. The molecule has 0 aliphatic heterocycles. The number of hydrogen-bond acceptors (Lipinski definition) is 2. The van der Waals surface area contributed by atoms with Crippen LogP contribution in [0.1, 0.15) is 13.8 Å². The molecule has 0 aliphatic carbocycles. The molecule has 2 N–H and O–H groups in total. The molecule has 1 aromatic rings. The smallest absolute Gasteiger partial charge is 0.238 e. The number of anilines is 1. The molecule has 0 spiro atoms. The maximum absolute atomic E-state index is 11.6. The van der Waals surface area contributed by atoms with Crippen LogP contribution in [0.5, 0.6) is 0 Å². The van der Waals surface area contributed by atoms with E-state index in [0.29, 0.717) is 21.7 Å². The molecule has 1 aromatic carbocycles. The molecular weight excluding hydrogens is 259 g/mol. The summed E-state index contributed by atoms with van der Waals surface area (Å²) < 4.78 is 0. The minimum Gasteiger partial charge on any atom is -0.325 e. The molecule has 0 aromatic heterocycles. The minimum atomic E-state index is -0.107. The molecule has 0 atom stereocenters. The molecular formula is C12H16Cl2N2O. The molecule has 3 nitrogen and oxygen atoms in total. The average Bonchev–Trinajstić information content (AvgIpc) is 2.14. The van der Waals surface area contributed by atoms with Crippen LogP contribution in [0.15, 0.2) is 18.2 Å². The summed E-state index contributed by atoms with van der Waals surface area (Å²) >= 11 is 11.7. The Balaban J connectivity index is 2.45. The van der Waals surface area contributed by atoms with E-state index in [9.17, 15) is 4.79 Å². The number of benzene rings is 1. The van der Waals surface area contributed by atoms with Gasteiger partial charge in [-0.05, 0) is 30.7 Å². The van der Waals surface area contributed by atoms with Crippen molar-refractivity contribution in [2.24, 2.45) is 5.92 Å². The van der Waals surface area contributed by atoms with Gasteiger partial charge in [-0.15, -0.1) is 0 Å². The van der Waals surface area contributed by atoms with Gasteiger partial charge < -0.3 is 10.6 Å². The SMILES string of the molecule is CC(C)CNCC(=O)Nc1cc(Cl)cc(Cl)c1. The Morgan fingerprint density at radius 2 is 1.82 bits per heavy atom. The molecule has 0 bridgehead atoms. The van der Waals surface area contributed by atoms with Crippen molar-refractivity contribution >= 4 is 34.8 Å². The van der Waals surface area contributed by atoms with Crippen LogP contribution < -0.4 is 10.6 Å². The molecule has 17 heavy (non-hydrogen) atoms. The maximum Gasteiger partial charge on any atom is 0.238 e. The lowest BCUT2D eigenvalue weighted by molar-refractivity contribution is -0.115. The second kappa shape index (κ2) is 6.84. The van der Waals surface area contributed by atoms with Gasteiger partial charge in [0.25, 0.3) is 0 Å². The number of carbonyl (C=O) groups excluding carboxylic acids is 1. The highest BCUT2D eigenvalue weighted by atomic mass is 35.5. The zero-order valence-electron chi connectivity index (χ0n) is 9.89. The molecule has 0 saturated carbocycles. The van der Waals surface area contributed by atoms with Crippen LogP contribution >= 0.6 is 23.2 Å². The predicted octanol–water partition coefficient (Wildman–Crippen LogP) is 3.18. The highest BCUT2D eigenvalue weighted by molar-refractivity contribution is 6.35. The minimum absolute atomic E-state index is 0.107. The third-order valence-corrected chi connectivity index (χ3v) is 2.42. The molecule has 1 amide bonds. The summed E-state index contributed by atoms with van der Waals surface area (Å²) in [6.07, 6.45) is 0. The fraction of sp³-hybridized carbons (Fsp3) is 0.417. The van der Waals surface area contributed by atoms with Crippen LogP contribution in [0.25, 0.3) is 0 Å². The van der Waals surface area contributed by atoms with Gasteiger partial charge in [0, 0.05) is 15.7 Å². The third kappa shape index (κ3) is 5.91. The monoisotopic (exact) mass is 274 g/mol. The van der Waals surface area contributed by atoms with Crippen molar-refractivity contribution in [2.45, 2.75) is 13.8 Å². The second-order valence-corrected chi connectivity index (χ2v) is 5.10. The Morgan fingerprint density at radius 3 is 2.35 bits per heavy atom. The number of hydrogen-bond donors (Lipinski definition) is 2. The number of rotatable bonds is 5. The first-order chi connectivity index (χ1) is 7.97. The van der Waals surface area contributed by atoms with Crippen molar-refractivity contribution in [1.29, 1.82) is 0 Å². The summed E-state index contributed by atoms with van der Waals surface area (Å²) in [5, 5.41) is 6.79. The second-order valence-electron chi connectivity index (χ2n) is 4.23. The number of carbonyl (C=O) groups is 1. The van der Waals surface area contributed by atoms with E-state index in [1.165, 1.54) is 0 Å². The lowest BCUT2D eigenvalue weighted by Gasteiger charge is -2.09. The molecule has 0 saturated heterocycles. The Labute approximate surface area is 111 Å². The van der Waals surface area contributed by atoms with Crippen LogP contribution in [-0.2, 0) is 4.79 Å². The van der Waals surface area contributed by atoms with Crippen molar-refractivity contribution < 1.29 is 4.79 Å². The molecule has 0 aliphatic rings. The van der Waals surface area contributed by atoms with Crippen LogP contribution in [-0.4, -0.2) is 19.0 Å². The van der Waals surface area contributed by atoms with E-state index < -0.39 is 0 Å². The quantitative estimate of drug-likeness (QED) is 0.866. The molecule has 94 valence electrons. The van der Waals surface area contributed by atoms with Crippen molar-refractivity contribution in [1.82, 2.24) is 5.32 Å². The van der Waals surface area contributed by atoms with Crippen molar-refractivity contribution in [3.63, 3.8) is 0 Å². The Bertz CT molecular complexity index is 374. The van der Waals surface area contributed by atoms with Crippen LogP contribution in [0.4, 0.5) is 5.69 Å². The van der Waals surface area contributed by atoms with Gasteiger partial charge in [0.1, 0.15) is 0 Å². The third-order valence-electron chi connectivity index (χ3n) is 1.98. The lowest BCUT2D eigenvalue weighted by atomic mass is 10.2. The van der Waals surface area contributed by atoms with Crippen LogP contribution in [0.2, 0.25) is 10.0 Å². The van der Waals surface area contributed by atoms with E-state index in [0.717, 1.165) is 6.54 Å². The molecule has 0 radical (unpaired) electrons.